The maximum atomic E-state index is 11.6. The quantitative estimate of drug-likeness (QED) is 0.510. The van der Waals surface area contributed by atoms with Crippen LogP contribution in [0.5, 0.6) is 0 Å². The van der Waals surface area contributed by atoms with Gasteiger partial charge in [-0.15, -0.1) is 10.2 Å². The van der Waals surface area contributed by atoms with Crippen LogP contribution in [0.15, 0.2) is 5.16 Å². The lowest BCUT2D eigenvalue weighted by Crippen LogP contribution is -2.35. The Bertz CT molecular complexity index is 404. The predicted octanol–water partition coefficient (Wildman–Crippen LogP) is -0.150. The van der Waals surface area contributed by atoms with Gasteiger partial charge < -0.3 is 16.1 Å². The van der Waals surface area contributed by atoms with E-state index in [1.54, 1.807) is 6.92 Å². The Labute approximate surface area is 117 Å². The Morgan fingerprint density at radius 2 is 2.11 bits per heavy atom. The molecule has 0 aliphatic heterocycles. The summed E-state index contributed by atoms with van der Waals surface area (Å²) in [7, 11) is 0. The first-order chi connectivity index (χ1) is 9.08. The molecule has 0 aliphatic rings. The van der Waals surface area contributed by atoms with Gasteiger partial charge >= 0.3 is 0 Å². The highest BCUT2D eigenvalue weighted by Gasteiger charge is 2.09. The third-order valence-electron chi connectivity index (χ3n) is 2.81. The number of rotatable bonds is 8. The molecular formula is C11H22N6OS. The molecule has 0 radical (unpaired) electrons. The zero-order valence-electron chi connectivity index (χ0n) is 11.7. The van der Waals surface area contributed by atoms with Gasteiger partial charge in [0.1, 0.15) is 5.82 Å². The average molecular weight is 286 g/mol. The van der Waals surface area contributed by atoms with Crippen molar-refractivity contribution in [3.63, 3.8) is 0 Å². The second-order valence-electron chi connectivity index (χ2n) is 4.07. The maximum Gasteiger partial charge on any atom is 0.230 e. The van der Waals surface area contributed by atoms with Crippen LogP contribution in [0.3, 0.4) is 0 Å². The Morgan fingerprint density at radius 1 is 1.42 bits per heavy atom. The van der Waals surface area contributed by atoms with E-state index in [0.29, 0.717) is 23.3 Å². The first-order valence-electron chi connectivity index (χ1n) is 6.37. The van der Waals surface area contributed by atoms with E-state index >= 15 is 0 Å². The Balaban J connectivity index is 2.23. The first-order valence-corrected chi connectivity index (χ1v) is 7.36. The van der Waals surface area contributed by atoms with Gasteiger partial charge in [0.25, 0.3) is 0 Å². The summed E-state index contributed by atoms with van der Waals surface area (Å²) in [6.07, 6.45) is 0. The second kappa shape index (κ2) is 8.00. The third-order valence-corrected chi connectivity index (χ3v) is 3.76. The van der Waals surface area contributed by atoms with Crippen LogP contribution in [0, 0.1) is 6.92 Å². The van der Waals surface area contributed by atoms with Crippen molar-refractivity contribution in [1.82, 2.24) is 25.1 Å². The Kier molecular flexibility index (Phi) is 6.65. The van der Waals surface area contributed by atoms with Crippen molar-refractivity contribution in [2.24, 2.45) is 0 Å². The number of nitrogens with two attached hydrogens (primary N) is 1. The van der Waals surface area contributed by atoms with Gasteiger partial charge in [0.05, 0.1) is 5.75 Å². The molecule has 1 amide bonds. The minimum atomic E-state index is -0.0159. The van der Waals surface area contributed by atoms with E-state index in [2.05, 4.69) is 34.3 Å². The summed E-state index contributed by atoms with van der Waals surface area (Å²) in [6.45, 7) is 9.51. The van der Waals surface area contributed by atoms with E-state index in [-0.39, 0.29) is 5.91 Å². The van der Waals surface area contributed by atoms with Gasteiger partial charge in [0.15, 0.2) is 0 Å². The van der Waals surface area contributed by atoms with E-state index in [0.717, 1.165) is 19.6 Å². The fourth-order valence-electron chi connectivity index (χ4n) is 1.52. The van der Waals surface area contributed by atoms with Gasteiger partial charge in [-0.2, -0.15) is 0 Å². The normalized spacial score (nSPS) is 10.9. The summed E-state index contributed by atoms with van der Waals surface area (Å²) >= 11 is 1.29. The van der Waals surface area contributed by atoms with Crippen molar-refractivity contribution in [2.45, 2.75) is 25.9 Å². The van der Waals surface area contributed by atoms with Gasteiger partial charge in [0, 0.05) is 13.1 Å². The van der Waals surface area contributed by atoms with Crippen molar-refractivity contribution < 1.29 is 4.79 Å². The highest BCUT2D eigenvalue weighted by molar-refractivity contribution is 7.99. The van der Waals surface area contributed by atoms with Crippen LogP contribution in [-0.2, 0) is 4.79 Å². The van der Waals surface area contributed by atoms with Gasteiger partial charge in [-0.25, -0.2) is 4.68 Å². The summed E-state index contributed by atoms with van der Waals surface area (Å²) in [5.74, 6) is 6.61. The van der Waals surface area contributed by atoms with E-state index < -0.39 is 0 Å². The van der Waals surface area contributed by atoms with Crippen LogP contribution in [0.1, 0.15) is 19.7 Å². The molecule has 19 heavy (non-hydrogen) atoms. The van der Waals surface area contributed by atoms with Gasteiger partial charge in [0.2, 0.25) is 11.1 Å². The largest absolute Gasteiger partial charge is 0.354 e. The molecule has 0 saturated heterocycles. The number of hydrogen-bond acceptors (Lipinski definition) is 6. The van der Waals surface area contributed by atoms with E-state index in [1.807, 2.05) is 0 Å². The smallest absolute Gasteiger partial charge is 0.230 e. The molecule has 3 N–H and O–H groups in total. The molecule has 0 aromatic carbocycles. The second-order valence-corrected chi connectivity index (χ2v) is 5.01. The molecule has 7 nitrogen and oxygen atoms in total. The van der Waals surface area contributed by atoms with Crippen LogP contribution in [0.4, 0.5) is 0 Å². The predicted molar refractivity (Wildman–Crippen MR) is 76.4 cm³/mol. The van der Waals surface area contributed by atoms with Crippen LogP contribution in [0.25, 0.3) is 0 Å². The standard InChI is InChI=1S/C11H22N6OS/c1-4-16(5-2)7-6-13-10(18)8-19-11-15-14-9(3)17(11)12/h4-8,12H2,1-3H3,(H,13,18). The number of carbonyl (C=O) groups is 1. The molecule has 1 rings (SSSR count). The third kappa shape index (κ3) is 5.07. The number of carbonyl (C=O) groups excluding carboxylic acids is 1. The van der Waals surface area contributed by atoms with Crippen LogP contribution >= 0.6 is 11.8 Å². The number of thioether (sulfide) groups is 1. The molecular weight excluding hydrogens is 264 g/mol. The van der Waals surface area contributed by atoms with Crippen molar-refractivity contribution >= 4 is 17.7 Å². The molecule has 0 saturated carbocycles. The molecule has 0 fully saturated rings. The number of amides is 1. The fourth-order valence-corrected chi connectivity index (χ4v) is 2.25. The summed E-state index contributed by atoms with van der Waals surface area (Å²) in [5, 5.41) is 11.1. The molecule has 1 heterocycles. The number of nitrogen functional groups attached to an aromatic ring is 1. The molecule has 0 atom stereocenters. The van der Waals surface area contributed by atoms with E-state index in [9.17, 15) is 4.79 Å². The van der Waals surface area contributed by atoms with Gasteiger partial charge in [-0.05, 0) is 20.0 Å². The highest BCUT2D eigenvalue weighted by atomic mass is 32.2. The SMILES string of the molecule is CCN(CC)CCNC(=O)CSc1nnc(C)n1N. The number of nitrogens with one attached hydrogen (secondary N) is 1. The molecule has 1 aromatic rings. The first kappa shape index (κ1) is 15.8. The van der Waals surface area contributed by atoms with Crippen LogP contribution < -0.4 is 11.2 Å². The Hall–Kier alpha value is -1.28. The average Bonchev–Trinajstić information content (AvgIpc) is 2.73. The fraction of sp³-hybridized carbons (Fsp3) is 0.727. The lowest BCUT2D eigenvalue weighted by molar-refractivity contribution is -0.118. The van der Waals surface area contributed by atoms with Crippen molar-refractivity contribution in [1.29, 1.82) is 0 Å². The summed E-state index contributed by atoms with van der Waals surface area (Å²) in [4.78, 5) is 13.9. The van der Waals surface area contributed by atoms with Crippen molar-refractivity contribution in [2.75, 3.05) is 37.8 Å². The van der Waals surface area contributed by atoms with E-state index in [4.69, 9.17) is 5.84 Å². The molecule has 0 bridgehead atoms. The van der Waals surface area contributed by atoms with Crippen LogP contribution in [0.2, 0.25) is 0 Å². The lowest BCUT2D eigenvalue weighted by atomic mass is 10.4. The number of nitrogens with zero attached hydrogens (tertiary/aromatic N) is 4. The van der Waals surface area contributed by atoms with E-state index in [1.165, 1.54) is 16.4 Å². The molecule has 108 valence electrons. The van der Waals surface area contributed by atoms with Crippen LogP contribution in [-0.4, -0.2) is 57.6 Å². The molecule has 8 heteroatoms. The molecule has 0 spiro atoms. The van der Waals surface area contributed by atoms with Gasteiger partial charge in [-0.1, -0.05) is 25.6 Å². The minimum Gasteiger partial charge on any atom is -0.354 e. The molecule has 0 unspecified atom stereocenters. The molecule has 0 aliphatic carbocycles. The minimum absolute atomic E-state index is 0.0159. The summed E-state index contributed by atoms with van der Waals surface area (Å²) in [5.41, 5.74) is 0. The number of likely N-dealkylation sites (N-methyl/N-ethyl adjacent to an activating group) is 1. The zero-order valence-corrected chi connectivity index (χ0v) is 12.5. The monoisotopic (exact) mass is 286 g/mol. The maximum absolute atomic E-state index is 11.6. The number of hydrogen-bond donors (Lipinski definition) is 2. The summed E-state index contributed by atoms with van der Waals surface area (Å²) in [6, 6.07) is 0. The number of aryl methyl sites for hydroxylation is 1. The van der Waals surface area contributed by atoms with Crippen molar-refractivity contribution in [3.8, 4) is 0 Å². The topological polar surface area (TPSA) is 89.1 Å². The zero-order chi connectivity index (χ0) is 14.3. The lowest BCUT2D eigenvalue weighted by Gasteiger charge is -2.17. The molecule has 1 aromatic heterocycles. The van der Waals surface area contributed by atoms with Crippen molar-refractivity contribution in [3.05, 3.63) is 5.82 Å². The number of aromatic nitrogens is 3. The highest BCUT2D eigenvalue weighted by Crippen LogP contribution is 2.13. The summed E-state index contributed by atoms with van der Waals surface area (Å²) < 4.78 is 1.38. The van der Waals surface area contributed by atoms with Gasteiger partial charge in [-0.3, -0.25) is 4.79 Å². The Morgan fingerprint density at radius 3 is 2.63 bits per heavy atom.